The van der Waals surface area contributed by atoms with Crippen LogP contribution in [0.4, 0.5) is 0 Å². The van der Waals surface area contributed by atoms with Crippen molar-refractivity contribution in [2.75, 3.05) is 7.05 Å². The first kappa shape index (κ1) is 17.6. The van der Waals surface area contributed by atoms with E-state index in [1.54, 1.807) is 37.4 Å². The van der Waals surface area contributed by atoms with Gasteiger partial charge >= 0.3 is 6.04 Å². The lowest BCUT2D eigenvalue weighted by molar-refractivity contribution is -0.510. The summed E-state index contributed by atoms with van der Waals surface area (Å²) in [5.41, 5.74) is 0.996. The number of hydrogen-bond donors (Lipinski definition) is 3. The fourth-order valence-electron chi connectivity index (χ4n) is 2.24. The van der Waals surface area contributed by atoms with Gasteiger partial charge < -0.3 is 4.74 Å². The molecular formula is C17H20N4O3. The maximum absolute atomic E-state index is 11.4. The predicted molar refractivity (Wildman–Crippen MR) is 91.7 cm³/mol. The van der Waals surface area contributed by atoms with Crippen molar-refractivity contribution in [3.63, 3.8) is 0 Å². The Morgan fingerprint density at radius 3 is 2.29 bits per heavy atom. The number of hydrogen-bond acceptors (Lipinski definition) is 6. The Balaban J connectivity index is 2.05. The zero-order valence-corrected chi connectivity index (χ0v) is 13.3. The molecule has 0 amide bonds. The summed E-state index contributed by atoms with van der Waals surface area (Å²) in [6.45, 7) is 0.440. The topological polar surface area (TPSA) is 100 Å². The van der Waals surface area contributed by atoms with E-state index in [1.807, 2.05) is 30.3 Å². The van der Waals surface area contributed by atoms with E-state index in [0.29, 0.717) is 12.3 Å². The van der Waals surface area contributed by atoms with Crippen LogP contribution in [0.3, 0.4) is 0 Å². The van der Waals surface area contributed by atoms with Crippen molar-refractivity contribution in [1.82, 2.24) is 10.6 Å². The first-order valence-corrected chi connectivity index (χ1v) is 7.51. The standard InChI is InChI=1S/C17H20N4O3/c1-19-17(20-12-13-8-4-2-5-9-13)15(21(22)23)16(18)24-14-10-6-3-7-11-14/h2-11,15,17-20H,12H2,1H3. The summed E-state index contributed by atoms with van der Waals surface area (Å²) in [4.78, 5) is 10.9. The second-order valence-electron chi connectivity index (χ2n) is 5.14. The summed E-state index contributed by atoms with van der Waals surface area (Å²) < 4.78 is 5.33. The van der Waals surface area contributed by atoms with Gasteiger partial charge in [0, 0.05) is 11.5 Å². The lowest BCUT2D eigenvalue weighted by atomic mass is 10.2. The van der Waals surface area contributed by atoms with Gasteiger partial charge in [-0.25, -0.2) is 0 Å². The number of ether oxygens (including phenoxy) is 1. The van der Waals surface area contributed by atoms with Gasteiger partial charge in [0.25, 0.3) is 5.90 Å². The Labute approximate surface area is 140 Å². The fraction of sp³-hybridized carbons (Fsp3) is 0.235. The molecule has 126 valence electrons. The summed E-state index contributed by atoms with van der Waals surface area (Å²) in [6, 6.07) is 16.8. The molecule has 0 aliphatic carbocycles. The van der Waals surface area contributed by atoms with E-state index >= 15 is 0 Å². The minimum atomic E-state index is -1.35. The molecule has 0 aliphatic heterocycles. The molecule has 2 aromatic rings. The van der Waals surface area contributed by atoms with Crippen LogP contribution >= 0.6 is 0 Å². The molecule has 7 nitrogen and oxygen atoms in total. The molecular weight excluding hydrogens is 308 g/mol. The normalized spacial score (nSPS) is 13.0. The molecule has 0 saturated carbocycles. The van der Waals surface area contributed by atoms with E-state index in [2.05, 4.69) is 10.6 Å². The third-order valence-electron chi connectivity index (χ3n) is 3.46. The first-order valence-electron chi connectivity index (χ1n) is 7.51. The van der Waals surface area contributed by atoms with Crippen LogP contribution in [0.25, 0.3) is 0 Å². The molecule has 2 aromatic carbocycles. The Hall–Kier alpha value is -2.77. The Morgan fingerprint density at radius 1 is 1.17 bits per heavy atom. The largest absolute Gasteiger partial charge is 0.437 e. The lowest BCUT2D eigenvalue weighted by Crippen LogP contribution is -2.56. The third-order valence-corrected chi connectivity index (χ3v) is 3.46. The number of nitrogens with one attached hydrogen (secondary N) is 3. The summed E-state index contributed by atoms with van der Waals surface area (Å²) in [7, 11) is 1.61. The van der Waals surface area contributed by atoms with Gasteiger partial charge in [-0.3, -0.25) is 26.2 Å². The van der Waals surface area contributed by atoms with Crippen molar-refractivity contribution in [3.8, 4) is 5.75 Å². The van der Waals surface area contributed by atoms with Crippen LogP contribution < -0.4 is 15.4 Å². The molecule has 2 rings (SSSR count). The van der Waals surface area contributed by atoms with Gasteiger partial charge in [0.15, 0.2) is 0 Å². The molecule has 2 unspecified atom stereocenters. The van der Waals surface area contributed by atoms with E-state index in [1.165, 1.54) is 0 Å². The first-order chi connectivity index (χ1) is 11.6. The van der Waals surface area contributed by atoms with E-state index in [-0.39, 0.29) is 0 Å². The summed E-state index contributed by atoms with van der Waals surface area (Å²) in [5.74, 6) is -0.0293. The monoisotopic (exact) mass is 328 g/mol. The molecule has 3 N–H and O–H groups in total. The predicted octanol–water partition coefficient (Wildman–Crippen LogP) is 2.02. The third kappa shape index (κ3) is 4.87. The highest BCUT2D eigenvalue weighted by Gasteiger charge is 2.36. The van der Waals surface area contributed by atoms with Crippen molar-refractivity contribution < 1.29 is 9.66 Å². The minimum Gasteiger partial charge on any atom is -0.437 e. The van der Waals surface area contributed by atoms with Crippen LogP contribution in [0.15, 0.2) is 60.7 Å². The Bertz CT molecular complexity index is 664. The van der Waals surface area contributed by atoms with Crippen LogP contribution in [0.5, 0.6) is 5.75 Å². The number of nitrogens with zero attached hydrogens (tertiary/aromatic N) is 1. The van der Waals surface area contributed by atoms with Crippen LogP contribution in [0.2, 0.25) is 0 Å². The molecule has 0 aromatic heterocycles. The van der Waals surface area contributed by atoms with Crippen LogP contribution in [-0.4, -0.2) is 30.1 Å². The molecule has 0 radical (unpaired) electrons. The highest BCUT2D eigenvalue weighted by atomic mass is 16.6. The maximum atomic E-state index is 11.4. The Kier molecular flexibility index (Phi) is 6.41. The number of rotatable bonds is 8. The Morgan fingerprint density at radius 2 is 1.75 bits per heavy atom. The molecule has 0 heterocycles. The van der Waals surface area contributed by atoms with Crippen molar-refractivity contribution in [3.05, 3.63) is 76.3 Å². The van der Waals surface area contributed by atoms with E-state index < -0.39 is 23.0 Å². The highest BCUT2D eigenvalue weighted by Crippen LogP contribution is 2.11. The molecule has 24 heavy (non-hydrogen) atoms. The molecule has 7 heteroatoms. The van der Waals surface area contributed by atoms with Crippen molar-refractivity contribution >= 4 is 5.90 Å². The summed E-state index contributed by atoms with van der Waals surface area (Å²) in [6.07, 6.45) is -0.739. The van der Waals surface area contributed by atoms with E-state index in [4.69, 9.17) is 10.1 Å². The van der Waals surface area contributed by atoms with Crippen molar-refractivity contribution in [1.29, 1.82) is 5.41 Å². The molecule has 0 aliphatic rings. The lowest BCUT2D eigenvalue weighted by Gasteiger charge is -2.22. The van der Waals surface area contributed by atoms with Gasteiger partial charge in [0.05, 0.1) is 0 Å². The minimum absolute atomic E-state index is 0.396. The van der Waals surface area contributed by atoms with Gasteiger partial charge in [-0.1, -0.05) is 48.5 Å². The molecule has 0 fully saturated rings. The second-order valence-corrected chi connectivity index (χ2v) is 5.14. The van der Waals surface area contributed by atoms with Crippen molar-refractivity contribution in [2.45, 2.75) is 18.8 Å². The number of para-hydroxylation sites is 1. The van der Waals surface area contributed by atoms with Crippen LogP contribution in [0.1, 0.15) is 5.56 Å². The zero-order chi connectivity index (χ0) is 17.4. The quantitative estimate of drug-likeness (QED) is 0.226. The maximum Gasteiger partial charge on any atom is 0.314 e. The van der Waals surface area contributed by atoms with E-state index in [0.717, 1.165) is 5.56 Å². The van der Waals surface area contributed by atoms with Crippen LogP contribution in [0, 0.1) is 15.5 Å². The summed E-state index contributed by atoms with van der Waals surface area (Å²) >= 11 is 0. The SMILES string of the molecule is CNC(NCc1ccccc1)C(C(=N)Oc1ccccc1)[N+](=O)[O-]. The average molecular weight is 328 g/mol. The zero-order valence-electron chi connectivity index (χ0n) is 13.3. The number of likely N-dealkylation sites (N-methyl/N-ethyl adjacent to an activating group) is 1. The highest BCUT2D eigenvalue weighted by molar-refractivity contribution is 5.80. The number of benzene rings is 2. The average Bonchev–Trinajstić information content (AvgIpc) is 2.59. The fourth-order valence-corrected chi connectivity index (χ4v) is 2.24. The van der Waals surface area contributed by atoms with Gasteiger partial charge in [0.1, 0.15) is 11.9 Å². The summed E-state index contributed by atoms with van der Waals surface area (Å²) in [5, 5.41) is 25.3. The van der Waals surface area contributed by atoms with Gasteiger partial charge in [-0.05, 0) is 24.7 Å². The van der Waals surface area contributed by atoms with Gasteiger partial charge in [-0.15, -0.1) is 0 Å². The molecule has 2 atom stereocenters. The van der Waals surface area contributed by atoms with Gasteiger partial charge in [-0.2, -0.15) is 0 Å². The second kappa shape index (κ2) is 8.76. The molecule has 0 bridgehead atoms. The van der Waals surface area contributed by atoms with Crippen LogP contribution in [-0.2, 0) is 6.54 Å². The van der Waals surface area contributed by atoms with Gasteiger partial charge in [0.2, 0.25) is 0 Å². The molecule has 0 saturated heterocycles. The van der Waals surface area contributed by atoms with E-state index in [9.17, 15) is 10.1 Å². The van der Waals surface area contributed by atoms with Crippen molar-refractivity contribution in [2.24, 2.45) is 0 Å². The number of nitro groups is 1. The smallest absolute Gasteiger partial charge is 0.314 e. The molecule has 0 spiro atoms.